The molecule has 0 atom stereocenters. The first kappa shape index (κ1) is 77.1. The molecular weight excluding hydrogens is 1560 g/mol. The number of morpholine rings is 2. The maximum absolute atomic E-state index is 9.70. The molecule has 5 fully saturated rings. The molecule has 5 aliphatic heterocycles. The molecule has 29 nitrogen and oxygen atoms in total. The molecule has 1 aromatic carbocycles. The van der Waals surface area contributed by atoms with E-state index in [1.165, 1.54) is 39.3 Å². The standard InChI is InChI=1S/C20H20N6S.C17H21N5S.C16H19N5OS.C15H17N5OS.C14H15N5OS/c21-19-13-17(20-16(23-19)12-18(27-20)15-6-7-22-24-15)26-10-8-25(9-11-26)14-4-2-1-3-5-14;1-17(2)4-7-22(8-5-17)13-10-15(18)20-12-9-14(23-16(12)13)11-3-6-19-21-11;1-16(2)9-21(5-6-22-16)12-8-14(17)19-11-7-13(23-15(11)12)10-3-4-18-20-10;16-14-8-12(20-5-2-9(21)3-6-20)15-11(18-14)7-13(22-15)10-1-4-17-19-10;15-13-8-11(19-3-5-20-6-4-19)14-10(17-13)7-12(21-14)9-1-2-16-18-9/h1-7,12-13H,8-11H2,(H2,21,23)(H,22,24);3,6,9-10H,4-5,7-8H2,1-2H3,(H2,18,20)(H,19,21);3-4,7-8H,5-6,9H2,1-2H3,(H2,17,19)(H,18,20);1,4,7-9,21H,2-3,5-6H2,(H2,16,18)(H,17,19);1-2,7-8H,3-6H2,(H2,15,17)(H,16,18). The molecule has 0 unspecified atom stereocenters. The summed E-state index contributed by atoms with van der Waals surface area (Å²) in [5, 5.41) is 44.9. The Morgan fingerprint density at radius 1 is 0.362 bits per heavy atom. The Balaban J connectivity index is 0.000000105. The van der Waals surface area contributed by atoms with E-state index < -0.39 is 0 Å². The summed E-state index contributed by atoms with van der Waals surface area (Å²) in [5.41, 5.74) is 47.3. The normalized spacial score (nSPS) is 16.5. The molecule has 20 heterocycles. The van der Waals surface area contributed by atoms with Crippen molar-refractivity contribution in [1.82, 2.24) is 75.9 Å². The Morgan fingerprint density at radius 2 is 0.664 bits per heavy atom. The molecule has 0 amide bonds. The van der Waals surface area contributed by atoms with Crippen molar-refractivity contribution in [1.29, 1.82) is 0 Å². The van der Waals surface area contributed by atoms with Crippen LogP contribution in [-0.4, -0.2) is 191 Å². The number of aromatic amines is 5. The number of H-pyrrole nitrogens is 5. The predicted molar refractivity (Wildman–Crippen MR) is 477 cm³/mol. The van der Waals surface area contributed by atoms with E-state index in [0.717, 1.165) is 223 Å². The summed E-state index contributed by atoms with van der Waals surface area (Å²) in [5.74, 6) is 2.79. The fourth-order valence-corrected chi connectivity index (χ4v) is 20.8. The molecule has 116 heavy (non-hydrogen) atoms. The number of nitrogens with one attached hydrogen (secondary N) is 5. The van der Waals surface area contributed by atoms with Gasteiger partial charge in [-0.15, -0.1) is 56.7 Å². The number of thiophene rings is 5. The number of aromatic nitrogens is 15. The average molecular weight is 1650 g/mol. The number of fused-ring (bicyclic) bond motifs is 5. The van der Waals surface area contributed by atoms with Gasteiger partial charge in [0.15, 0.2) is 0 Å². The minimum atomic E-state index is -0.185. The van der Waals surface area contributed by atoms with Crippen molar-refractivity contribution in [2.24, 2.45) is 5.41 Å². The summed E-state index contributed by atoms with van der Waals surface area (Å²) >= 11 is 8.61. The highest BCUT2D eigenvalue weighted by atomic mass is 32.1. The van der Waals surface area contributed by atoms with Gasteiger partial charge in [-0.05, 0) is 118 Å². The number of hydrogen-bond acceptors (Lipinski definition) is 29. The Morgan fingerprint density at radius 3 is 0.991 bits per heavy atom. The number of pyridine rings is 5. The number of anilines is 11. The lowest BCUT2D eigenvalue weighted by atomic mass is 9.82. The van der Waals surface area contributed by atoms with Gasteiger partial charge in [0.2, 0.25) is 0 Å². The van der Waals surface area contributed by atoms with Gasteiger partial charge in [0.25, 0.3) is 0 Å². The molecule has 21 rings (SSSR count). The fourth-order valence-electron chi connectivity index (χ4n) is 15.3. The van der Waals surface area contributed by atoms with Gasteiger partial charge in [-0.1, -0.05) is 32.0 Å². The van der Waals surface area contributed by atoms with Gasteiger partial charge in [0, 0.05) is 146 Å². The summed E-state index contributed by atoms with van der Waals surface area (Å²) in [7, 11) is 0. The number of piperidine rings is 2. The first-order valence-corrected chi connectivity index (χ1v) is 42.8. The molecule has 0 aliphatic carbocycles. The van der Waals surface area contributed by atoms with E-state index in [9.17, 15) is 5.11 Å². The van der Waals surface area contributed by atoms with E-state index in [0.29, 0.717) is 34.5 Å². The van der Waals surface area contributed by atoms with Crippen molar-refractivity contribution in [2.75, 3.05) is 156 Å². The van der Waals surface area contributed by atoms with Crippen LogP contribution in [0, 0.1) is 5.41 Å². The number of piperazine rings is 1. The highest BCUT2D eigenvalue weighted by molar-refractivity contribution is 7.24. The minimum absolute atomic E-state index is 0.161. The number of nitrogen functional groups attached to an aromatic ring is 5. The van der Waals surface area contributed by atoms with Crippen LogP contribution < -0.4 is 58.1 Å². The van der Waals surface area contributed by atoms with Gasteiger partial charge in [-0.25, -0.2) is 24.9 Å². The van der Waals surface area contributed by atoms with Crippen LogP contribution in [0.2, 0.25) is 0 Å². The van der Waals surface area contributed by atoms with Gasteiger partial charge < -0.3 is 72.6 Å². The summed E-state index contributed by atoms with van der Waals surface area (Å²) in [6.45, 7) is 22.4. The van der Waals surface area contributed by atoms with Gasteiger partial charge in [0.1, 0.15) is 29.1 Å². The maximum atomic E-state index is 9.70. The third kappa shape index (κ3) is 17.2. The zero-order valence-electron chi connectivity index (χ0n) is 64.8. The smallest absolute Gasteiger partial charge is 0.126 e. The van der Waals surface area contributed by atoms with Crippen LogP contribution in [0.1, 0.15) is 53.4 Å². The van der Waals surface area contributed by atoms with Crippen LogP contribution in [0.15, 0.2) is 152 Å². The third-order valence-corrected chi connectivity index (χ3v) is 27.3. The quantitative estimate of drug-likeness (QED) is 0.0573. The lowest BCUT2D eigenvalue weighted by Crippen LogP contribution is -2.48. The summed E-state index contributed by atoms with van der Waals surface area (Å²) in [6, 6.07) is 40.7. The van der Waals surface area contributed by atoms with Crippen LogP contribution in [-0.2, 0) is 9.47 Å². The summed E-state index contributed by atoms with van der Waals surface area (Å²) in [4.78, 5) is 42.3. The van der Waals surface area contributed by atoms with Gasteiger partial charge in [-0.2, -0.15) is 25.5 Å². The Labute approximate surface area is 688 Å². The molecule has 5 aliphatic rings. The first-order valence-electron chi connectivity index (χ1n) is 38.8. The molecule has 16 N–H and O–H groups in total. The van der Waals surface area contributed by atoms with E-state index in [-0.39, 0.29) is 11.7 Å². The van der Waals surface area contributed by atoms with Gasteiger partial charge in [0.05, 0.1) is 164 Å². The fraction of sp³-hybridized carbons (Fsp3) is 0.317. The van der Waals surface area contributed by atoms with Crippen molar-refractivity contribution >= 4 is 171 Å². The molecule has 0 spiro atoms. The van der Waals surface area contributed by atoms with E-state index in [4.69, 9.17) is 38.1 Å². The number of para-hydroxylation sites is 1. The van der Waals surface area contributed by atoms with E-state index >= 15 is 0 Å². The molecule has 0 radical (unpaired) electrons. The van der Waals surface area contributed by atoms with Crippen LogP contribution >= 0.6 is 56.7 Å². The van der Waals surface area contributed by atoms with Crippen LogP contribution in [0.25, 0.3) is 104 Å². The number of nitrogens with two attached hydrogens (primary N) is 5. The van der Waals surface area contributed by atoms with Gasteiger partial charge >= 0.3 is 0 Å². The molecule has 15 aromatic heterocycles. The van der Waals surface area contributed by atoms with Crippen molar-refractivity contribution in [3.8, 4) is 52.9 Å². The summed E-state index contributed by atoms with van der Waals surface area (Å²) < 4.78 is 17.1. The molecule has 0 bridgehead atoms. The van der Waals surface area contributed by atoms with Gasteiger partial charge in [-0.3, -0.25) is 25.5 Å². The molecule has 34 heteroatoms. The molecular formula is C82H92N26O3S5. The Bertz CT molecular complexity index is 5950. The minimum Gasteiger partial charge on any atom is -0.393 e. The number of nitrogens with zero attached hydrogens (tertiary/aromatic N) is 16. The number of aliphatic hydroxyl groups is 1. The number of aliphatic hydroxyl groups excluding tert-OH is 1. The highest BCUT2D eigenvalue weighted by Gasteiger charge is 2.32. The highest BCUT2D eigenvalue weighted by Crippen LogP contribution is 2.46. The van der Waals surface area contributed by atoms with E-state index in [1.807, 2.05) is 66.7 Å². The second-order valence-electron chi connectivity index (χ2n) is 30.6. The predicted octanol–water partition coefficient (Wildman–Crippen LogP) is 14.7. The first-order chi connectivity index (χ1) is 56.3. The molecule has 16 aromatic rings. The van der Waals surface area contributed by atoms with E-state index in [1.54, 1.807) is 87.7 Å². The van der Waals surface area contributed by atoms with E-state index in [2.05, 4.69) is 188 Å². The molecule has 598 valence electrons. The van der Waals surface area contributed by atoms with Crippen LogP contribution in [0.5, 0.6) is 0 Å². The second kappa shape index (κ2) is 33.4. The molecule has 0 saturated carbocycles. The zero-order chi connectivity index (χ0) is 79.6. The lowest BCUT2D eigenvalue weighted by Gasteiger charge is -2.39. The monoisotopic (exact) mass is 1650 g/mol. The van der Waals surface area contributed by atoms with Crippen LogP contribution in [0.4, 0.5) is 63.2 Å². The maximum Gasteiger partial charge on any atom is 0.126 e. The van der Waals surface area contributed by atoms with Crippen molar-refractivity contribution in [3.05, 3.63) is 152 Å². The topological polar surface area (TPSA) is 396 Å². The Kier molecular flexibility index (Phi) is 22.2. The lowest BCUT2D eigenvalue weighted by molar-refractivity contribution is -0.0276. The number of rotatable bonds is 11. The van der Waals surface area contributed by atoms with Crippen molar-refractivity contribution in [3.63, 3.8) is 0 Å². The average Bonchev–Trinajstić information content (AvgIpc) is 1.63. The third-order valence-electron chi connectivity index (χ3n) is 21.3. The van der Waals surface area contributed by atoms with Crippen molar-refractivity contribution < 1.29 is 14.6 Å². The van der Waals surface area contributed by atoms with Crippen LogP contribution in [0.3, 0.4) is 0 Å². The Hall–Kier alpha value is -11.5. The zero-order valence-corrected chi connectivity index (χ0v) is 68.9. The SMILES string of the molecule is CC1(C)CCN(c2cc(N)nc3cc(-c4ccn[nH]4)sc23)CC1.CC1(C)CN(c2cc(N)nc3cc(-c4ccn[nH]4)sc23)CCO1.Nc1cc(N2CCC(O)CC2)c2sc(-c3ccn[nH]3)cc2n1.Nc1cc(N2CCN(c3ccccc3)CC2)c2sc(-c3ccn[nH]3)cc2n1.Nc1cc(N2CCOCC2)c2sc(-c3ccn[nH]3)cc2n1. The number of benzene rings is 1. The number of ether oxygens (including phenoxy) is 2. The largest absolute Gasteiger partial charge is 0.393 e. The molecule has 5 saturated heterocycles. The second-order valence-corrected chi connectivity index (χ2v) is 35.9. The summed E-state index contributed by atoms with van der Waals surface area (Å²) in [6.07, 6.45) is 12.6. The van der Waals surface area contributed by atoms with Crippen molar-refractivity contribution in [2.45, 2.75) is 65.1 Å². The number of hydrogen-bond donors (Lipinski definition) is 11.